The van der Waals surface area contributed by atoms with Crippen molar-refractivity contribution < 1.29 is 9.53 Å². The van der Waals surface area contributed by atoms with Gasteiger partial charge in [0.15, 0.2) is 0 Å². The predicted molar refractivity (Wildman–Crippen MR) is 96.3 cm³/mol. The fraction of sp³-hybridized carbons (Fsp3) is 0.278. The van der Waals surface area contributed by atoms with Crippen molar-refractivity contribution in [2.24, 2.45) is 0 Å². The molecule has 0 fully saturated rings. The van der Waals surface area contributed by atoms with E-state index in [1.165, 1.54) is 11.8 Å². The minimum Gasteiger partial charge on any atom is -0.494 e. The number of rotatable bonds is 7. The molecule has 0 saturated carbocycles. The Morgan fingerprint density at radius 2 is 1.83 bits per heavy atom. The summed E-state index contributed by atoms with van der Waals surface area (Å²) in [6, 6.07) is 15.2. The van der Waals surface area contributed by atoms with E-state index in [0.717, 1.165) is 16.2 Å². The summed E-state index contributed by atoms with van der Waals surface area (Å²) < 4.78 is 5.42. The molecular formula is C18H20ClNO2S. The number of benzene rings is 2. The Balaban J connectivity index is 1.82. The molecule has 0 aliphatic heterocycles. The Labute approximate surface area is 146 Å². The Morgan fingerprint density at radius 3 is 2.43 bits per heavy atom. The minimum absolute atomic E-state index is 0.00587. The summed E-state index contributed by atoms with van der Waals surface area (Å²) in [6.07, 6.45) is 0. The fourth-order valence-corrected chi connectivity index (χ4v) is 2.90. The Kier molecular flexibility index (Phi) is 6.81. The van der Waals surface area contributed by atoms with E-state index in [2.05, 4.69) is 5.32 Å². The van der Waals surface area contributed by atoms with Crippen LogP contribution in [0, 0.1) is 0 Å². The molecule has 0 bridgehead atoms. The highest BCUT2D eigenvalue weighted by Gasteiger charge is 2.10. The number of ether oxygens (including phenoxy) is 1. The monoisotopic (exact) mass is 349 g/mol. The number of halogens is 1. The highest BCUT2D eigenvalue weighted by Crippen LogP contribution is 2.21. The molecule has 122 valence electrons. The zero-order chi connectivity index (χ0) is 16.7. The van der Waals surface area contributed by atoms with E-state index in [0.29, 0.717) is 17.4 Å². The molecule has 2 rings (SSSR count). The van der Waals surface area contributed by atoms with Crippen LogP contribution in [0.5, 0.6) is 5.75 Å². The quantitative estimate of drug-likeness (QED) is 0.736. The fourth-order valence-electron chi connectivity index (χ4n) is 2.07. The van der Waals surface area contributed by atoms with Crippen molar-refractivity contribution in [2.75, 3.05) is 12.4 Å². The summed E-state index contributed by atoms with van der Waals surface area (Å²) in [4.78, 5) is 13.1. The zero-order valence-corrected chi connectivity index (χ0v) is 14.8. The third kappa shape index (κ3) is 5.81. The number of carbonyl (C=O) groups excluding carboxylic acids is 1. The van der Waals surface area contributed by atoms with Gasteiger partial charge in [-0.05, 0) is 55.8 Å². The first kappa shape index (κ1) is 17.7. The molecule has 2 aromatic carbocycles. The molecule has 0 heterocycles. The van der Waals surface area contributed by atoms with E-state index in [9.17, 15) is 4.79 Å². The van der Waals surface area contributed by atoms with Crippen LogP contribution in [0.3, 0.4) is 0 Å². The lowest BCUT2D eigenvalue weighted by molar-refractivity contribution is -0.119. The van der Waals surface area contributed by atoms with Crippen LogP contribution in [0.1, 0.15) is 25.5 Å². The van der Waals surface area contributed by atoms with E-state index in [-0.39, 0.29) is 11.9 Å². The average Bonchev–Trinajstić information content (AvgIpc) is 2.55. The van der Waals surface area contributed by atoms with Crippen LogP contribution in [-0.4, -0.2) is 18.3 Å². The van der Waals surface area contributed by atoms with Crippen LogP contribution in [0.2, 0.25) is 5.02 Å². The first-order valence-corrected chi connectivity index (χ1v) is 8.85. The third-order valence-electron chi connectivity index (χ3n) is 3.25. The minimum atomic E-state index is -0.0380. The molecule has 0 aliphatic carbocycles. The second kappa shape index (κ2) is 8.85. The average molecular weight is 350 g/mol. The maximum atomic E-state index is 12.1. The van der Waals surface area contributed by atoms with Gasteiger partial charge in [-0.1, -0.05) is 23.7 Å². The van der Waals surface area contributed by atoms with Crippen LogP contribution in [-0.2, 0) is 4.79 Å². The van der Waals surface area contributed by atoms with Crippen molar-refractivity contribution >= 4 is 29.3 Å². The summed E-state index contributed by atoms with van der Waals surface area (Å²) in [7, 11) is 0. The van der Waals surface area contributed by atoms with Gasteiger partial charge in [-0.25, -0.2) is 0 Å². The lowest BCUT2D eigenvalue weighted by atomic mass is 10.1. The van der Waals surface area contributed by atoms with Crippen molar-refractivity contribution in [3.05, 3.63) is 59.1 Å². The van der Waals surface area contributed by atoms with Gasteiger partial charge in [0.2, 0.25) is 5.91 Å². The summed E-state index contributed by atoms with van der Waals surface area (Å²) >= 11 is 7.34. The Bertz CT molecular complexity index is 628. The van der Waals surface area contributed by atoms with Crippen molar-refractivity contribution in [1.29, 1.82) is 0 Å². The number of amides is 1. The van der Waals surface area contributed by atoms with Crippen molar-refractivity contribution in [3.8, 4) is 5.75 Å². The molecule has 3 nitrogen and oxygen atoms in total. The molecule has 1 N–H and O–H groups in total. The highest BCUT2D eigenvalue weighted by molar-refractivity contribution is 8.00. The summed E-state index contributed by atoms with van der Waals surface area (Å²) in [5.41, 5.74) is 1.05. The third-order valence-corrected chi connectivity index (χ3v) is 4.52. The Morgan fingerprint density at radius 1 is 1.17 bits per heavy atom. The number of hydrogen-bond donors (Lipinski definition) is 1. The first-order chi connectivity index (χ1) is 11.1. The van der Waals surface area contributed by atoms with Crippen molar-refractivity contribution in [3.63, 3.8) is 0 Å². The maximum absolute atomic E-state index is 12.1. The second-order valence-corrected chi connectivity index (χ2v) is 6.52. The molecule has 0 radical (unpaired) electrons. The topological polar surface area (TPSA) is 38.3 Å². The van der Waals surface area contributed by atoms with E-state index in [1.807, 2.05) is 62.4 Å². The number of nitrogens with one attached hydrogen (secondary N) is 1. The number of thioether (sulfide) groups is 1. The molecule has 0 aliphatic rings. The smallest absolute Gasteiger partial charge is 0.230 e. The van der Waals surface area contributed by atoms with E-state index in [1.54, 1.807) is 0 Å². The first-order valence-electron chi connectivity index (χ1n) is 7.49. The maximum Gasteiger partial charge on any atom is 0.230 e. The van der Waals surface area contributed by atoms with Crippen LogP contribution in [0.15, 0.2) is 53.4 Å². The molecule has 1 amide bonds. The SMILES string of the molecule is CCOc1ccc([C@@H](C)NC(=O)CSc2ccc(Cl)cc2)cc1. The largest absolute Gasteiger partial charge is 0.494 e. The predicted octanol–water partition coefficient (Wildman–Crippen LogP) is 4.71. The van der Waals surface area contributed by atoms with Crippen molar-refractivity contribution in [2.45, 2.75) is 24.8 Å². The molecule has 1 atom stereocenters. The van der Waals surface area contributed by atoms with Crippen LogP contribution in [0.25, 0.3) is 0 Å². The van der Waals surface area contributed by atoms with E-state index < -0.39 is 0 Å². The van der Waals surface area contributed by atoms with Gasteiger partial charge in [-0.15, -0.1) is 11.8 Å². The number of hydrogen-bond acceptors (Lipinski definition) is 3. The van der Waals surface area contributed by atoms with Crippen molar-refractivity contribution in [1.82, 2.24) is 5.32 Å². The molecular weight excluding hydrogens is 330 g/mol. The van der Waals surface area contributed by atoms with Crippen LogP contribution < -0.4 is 10.1 Å². The molecule has 0 spiro atoms. The van der Waals surface area contributed by atoms with Gasteiger partial charge in [-0.3, -0.25) is 4.79 Å². The lowest BCUT2D eigenvalue weighted by Crippen LogP contribution is -2.28. The normalized spacial score (nSPS) is 11.8. The second-order valence-electron chi connectivity index (χ2n) is 5.03. The van der Waals surface area contributed by atoms with Gasteiger partial charge >= 0.3 is 0 Å². The highest BCUT2D eigenvalue weighted by atomic mass is 35.5. The van der Waals surface area contributed by atoms with Crippen LogP contribution in [0.4, 0.5) is 0 Å². The number of carbonyl (C=O) groups is 1. The molecule has 5 heteroatoms. The molecule has 0 unspecified atom stereocenters. The molecule has 23 heavy (non-hydrogen) atoms. The standard InChI is InChI=1S/C18H20ClNO2S/c1-3-22-16-8-4-14(5-9-16)13(2)20-18(21)12-23-17-10-6-15(19)7-11-17/h4-11,13H,3,12H2,1-2H3,(H,20,21)/t13-/m1/s1. The van der Waals surface area contributed by atoms with Crippen LogP contribution >= 0.6 is 23.4 Å². The van der Waals surface area contributed by atoms with E-state index in [4.69, 9.17) is 16.3 Å². The lowest BCUT2D eigenvalue weighted by Gasteiger charge is -2.15. The Hall–Kier alpha value is -1.65. The van der Waals surface area contributed by atoms with Gasteiger partial charge < -0.3 is 10.1 Å². The van der Waals surface area contributed by atoms with Gasteiger partial charge in [0.25, 0.3) is 0 Å². The zero-order valence-electron chi connectivity index (χ0n) is 13.2. The van der Waals surface area contributed by atoms with E-state index >= 15 is 0 Å². The van der Waals surface area contributed by atoms with Gasteiger partial charge in [-0.2, -0.15) is 0 Å². The molecule has 0 aromatic heterocycles. The van der Waals surface area contributed by atoms with Gasteiger partial charge in [0, 0.05) is 9.92 Å². The molecule has 0 saturated heterocycles. The molecule has 2 aromatic rings. The summed E-state index contributed by atoms with van der Waals surface area (Å²) in [6.45, 7) is 4.57. The van der Waals surface area contributed by atoms with Gasteiger partial charge in [0.05, 0.1) is 18.4 Å². The van der Waals surface area contributed by atoms with Gasteiger partial charge in [0.1, 0.15) is 5.75 Å². The summed E-state index contributed by atoms with van der Waals surface area (Å²) in [5, 5.41) is 3.70. The summed E-state index contributed by atoms with van der Waals surface area (Å²) in [5.74, 6) is 1.22.